The normalized spacial score (nSPS) is 26.2. The van der Waals surface area contributed by atoms with E-state index in [0.717, 1.165) is 4.90 Å². The van der Waals surface area contributed by atoms with Gasteiger partial charge in [0.1, 0.15) is 17.2 Å². The molecule has 1 saturated heterocycles. The van der Waals surface area contributed by atoms with Crippen molar-refractivity contribution in [1.29, 1.82) is 0 Å². The van der Waals surface area contributed by atoms with Crippen molar-refractivity contribution >= 4 is 12.1 Å². The topological polar surface area (TPSA) is 119 Å². The predicted octanol–water partition coefficient (Wildman–Crippen LogP) is 1.05. The van der Waals surface area contributed by atoms with Gasteiger partial charge in [-0.15, -0.1) is 10.1 Å². The molecular weight excluding hydrogens is 272 g/mol. The number of carboxylic acid groups (broad SMARTS) is 1. The molecule has 20 heavy (non-hydrogen) atoms. The van der Waals surface area contributed by atoms with Crippen LogP contribution >= 0.6 is 0 Å². The lowest BCUT2D eigenvalue weighted by Gasteiger charge is -2.32. The van der Waals surface area contributed by atoms with Crippen LogP contribution in [0.2, 0.25) is 0 Å². The smallest absolute Gasteiger partial charge is 0.411 e. The third-order valence-corrected chi connectivity index (χ3v) is 2.92. The fourth-order valence-electron chi connectivity index (χ4n) is 2.01. The van der Waals surface area contributed by atoms with Crippen LogP contribution in [0.25, 0.3) is 0 Å². The van der Waals surface area contributed by atoms with E-state index in [1.807, 2.05) is 0 Å². The highest BCUT2D eigenvalue weighted by molar-refractivity contribution is 5.85. The van der Waals surface area contributed by atoms with Gasteiger partial charge >= 0.3 is 12.1 Å². The first-order valence-electron chi connectivity index (χ1n) is 6.01. The fourth-order valence-corrected chi connectivity index (χ4v) is 2.01. The van der Waals surface area contributed by atoms with Crippen LogP contribution in [0.3, 0.4) is 0 Å². The molecule has 0 spiro atoms. The molecule has 1 heterocycles. The first kappa shape index (κ1) is 16.0. The molecule has 0 radical (unpaired) electrons. The molecule has 1 unspecified atom stereocenters. The molecule has 9 nitrogen and oxygen atoms in total. The molecule has 1 amide bonds. The zero-order chi connectivity index (χ0) is 15.7. The van der Waals surface area contributed by atoms with Gasteiger partial charge in [-0.25, -0.2) is 9.59 Å². The van der Waals surface area contributed by atoms with Gasteiger partial charge in [0.05, 0.1) is 6.54 Å². The summed E-state index contributed by atoms with van der Waals surface area (Å²) >= 11 is 0. The quantitative estimate of drug-likeness (QED) is 0.609. The summed E-state index contributed by atoms with van der Waals surface area (Å²) < 4.78 is 5.12. The Hall–Kier alpha value is -2.06. The van der Waals surface area contributed by atoms with Gasteiger partial charge in [-0.05, 0) is 27.7 Å². The van der Waals surface area contributed by atoms with Crippen molar-refractivity contribution in [2.24, 2.45) is 0 Å². The Morgan fingerprint density at radius 3 is 2.40 bits per heavy atom. The number of nitrogens with zero attached hydrogens (tertiary/aromatic N) is 2. The maximum atomic E-state index is 12.0. The van der Waals surface area contributed by atoms with Crippen LogP contribution in [0.1, 0.15) is 34.1 Å². The molecule has 0 aliphatic carbocycles. The second kappa shape index (κ2) is 5.14. The summed E-state index contributed by atoms with van der Waals surface area (Å²) in [6.45, 7) is 6.03. The number of ether oxygens (including phenoxy) is 1. The Morgan fingerprint density at radius 1 is 1.45 bits per heavy atom. The number of rotatable bonds is 3. The van der Waals surface area contributed by atoms with Gasteiger partial charge in [0.15, 0.2) is 0 Å². The summed E-state index contributed by atoms with van der Waals surface area (Å²) in [7, 11) is 0. The van der Waals surface area contributed by atoms with Crippen LogP contribution in [0, 0.1) is 10.1 Å². The lowest BCUT2D eigenvalue weighted by Crippen LogP contribution is -2.52. The number of likely N-dealkylation sites (tertiary alicyclic amines) is 1. The lowest BCUT2D eigenvalue weighted by atomic mass is 9.99. The number of amides is 1. The van der Waals surface area contributed by atoms with Crippen molar-refractivity contribution in [2.45, 2.75) is 51.4 Å². The summed E-state index contributed by atoms with van der Waals surface area (Å²) in [4.78, 5) is 39.1. The first-order chi connectivity index (χ1) is 8.95. The van der Waals surface area contributed by atoms with E-state index in [1.165, 1.54) is 6.92 Å². The third-order valence-electron chi connectivity index (χ3n) is 2.92. The molecule has 1 N–H and O–H groups in total. The van der Waals surface area contributed by atoms with Gasteiger partial charge in [-0.1, -0.05) is 0 Å². The second-order valence-electron chi connectivity index (χ2n) is 5.83. The maximum Gasteiger partial charge on any atom is 0.411 e. The minimum absolute atomic E-state index is 0.178. The minimum atomic E-state index is -1.59. The lowest BCUT2D eigenvalue weighted by molar-refractivity contribution is -0.767. The number of carboxylic acids is 1. The van der Waals surface area contributed by atoms with Gasteiger partial charge < -0.3 is 14.7 Å². The Kier molecular flexibility index (Phi) is 4.11. The summed E-state index contributed by atoms with van der Waals surface area (Å²) in [6, 6.07) is 0. The summed E-state index contributed by atoms with van der Waals surface area (Å²) in [5.74, 6) is -1.27. The highest BCUT2D eigenvalue weighted by Gasteiger charge is 2.52. The van der Waals surface area contributed by atoms with E-state index in [4.69, 9.17) is 4.74 Å². The molecule has 0 saturated carbocycles. The SMILES string of the molecule is CC(C)(C)OC(=O)N1CC(O[N+](=O)[O-])C[C@@]1(C)C(=O)O. The molecule has 114 valence electrons. The van der Waals surface area contributed by atoms with Crippen molar-refractivity contribution in [1.82, 2.24) is 4.90 Å². The average Bonchev–Trinajstić information content (AvgIpc) is 2.53. The molecule has 1 rings (SSSR count). The predicted molar refractivity (Wildman–Crippen MR) is 65.5 cm³/mol. The Morgan fingerprint density at radius 2 is 2.00 bits per heavy atom. The summed E-state index contributed by atoms with van der Waals surface area (Å²) in [6.07, 6.45) is -2.00. The van der Waals surface area contributed by atoms with Crippen molar-refractivity contribution < 1.29 is 29.4 Å². The Bertz CT molecular complexity index is 431. The van der Waals surface area contributed by atoms with Gasteiger partial charge in [-0.3, -0.25) is 4.90 Å². The molecule has 2 atom stereocenters. The molecule has 0 aromatic rings. The number of hydrogen-bond donors (Lipinski definition) is 1. The first-order valence-corrected chi connectivity index (χ1v) is 6.01. The van der Waals surface area contributed by atoms with Crippen molar-refractivity contribution in [3.05, 3.63) is 10.1 Å². The van der Waals surface area contributed by atoms with Gasteiger partial charge in [0.25, 0.3) is 5.09 Å². The standard InChI is InChI=1S/C11H18N2O7/c1-10(2,3)19-9(16)12-6-7(20-13(17)18)5-11(12,4)8(14)15/h7H,5-6H2,1-4H3,(H,14,15)/t7?,11-/m0/s1. The largest absolute Gasteiger partial charge is 0.480 e. The third kappa shape index (κ3) is 3.49. The molecule has 1 aliphatic rings. The molecular formula is C11H18N2O7. The number of carbonyl (C=O) groups excluding carboxylic acids is 1. The second-order valence-corrected chi connectivity index (χ2v) is 5.83. The number of hydrogen-bond acceptors (Lipinski definition) is 6. The van der Waals surface area contributed by atoms with Gasteiger partial charge in [0.2, 0.25) is 0 Å². The average molecular weight is 290 g/mol. The minimum Gasteiger partial charge on any atom is -0.480 e. The van der Waals surface area contributed by atoms with Crippen LogP contribution in [0.5, 0.6) is 0 Å². The van der Waals surface area contributed by atoms with Crippen LogP contribution in [-0.2, 0) is 14.4 Å². The van der Waals surface area contributed by atoms with Gasteiger partial charge in [0, 0.05) is 6.42 Å². The van der Waals surface area contributed by atoms with Crippen LogP contribution in [0.4, 0.5) is 4.79 Å². The number of aliphatic carboxylic acids is 1. The van der Waals surface area contributed by atoms with E-state index >= 15 is 0 Å². The molecule has 9 heteroatoms. The van der Waals surface area contributed by atoms with E-state index in [2.05, 4.69) is 4.84 Å². The summed E-state index contributed by atoms with van der Waals surface area (Å²) in [5, 5.41) is 18.6. The van der Waals surface area contributed by atoms with E-state index in [9.17, 15) is 24.8 Å². The molecule has 0 aromatic heterocycles. The maximum absolute atomic E-state index is 12.0. The van der Waals surface area contributed by atoms with Crippen LogP contribution in [0.15, 0.2) is 0 Å². The Balaban J connectivity index is 2.93. The van der Waals surface area contributed by atoms with Crippen molar-refractivity contribution in [3.63, 3.8) is 0 Å². The fraction of sp³-hybridized carbons (Fsp3) is 0.818. The zero-order valence-corrected chi connectivity index (χ0v) is 11.8. The highest BCUT2D eigenvalue weighted by atomic mass is 17.0. The van der Waals surface area contributed by atoms with Crippen molar-refractivity contribution in [2.75, 3.05) is 6.54 Å². The van der Waals surface area contributed by atoms with E-state index < -0.39 is 34.4 Å². The zero-order valence-electron chi connectivity index (χ0n) is 11.8. The summed E-state index contributed by atoms with van der Waals surface area (Å²) in [5.41, 5.74) is -2.39. The highest BCUT2D eigenvalue weighted by Crippen LogP contribution is 2.32. The molecule has 0 aromatic carbocycles. The van der Waals surface area contributed by atoms with E-state index in [0.29, 0.717) is 0 Å². The van der Waals surface area contributed by atoms with Crippen LogP contribution < -0.4 is 0 Å². The van der Waals surface area contributed by atoms with Crippen LogP contribution in [-0.4, -0.2) is 50.9 Å². The number of carbonyl (C=O) groups is 2. The Labute approximate surface area is 115 Å². The van der Waals surface area contributed by atoms with E-state index in [-0.39, 0.29) is 13.0 Å². The molecule has 0 bridgehead atoms. The van der Waals surface area contributed by atoms with Gasteiger partial charge in [-0.2, -0.15) is 0 Å². The monoisotopic (exact) mass is 290 g/mol. The van der Waals surface area contributed by atoms with Crippen molar-refractivity contribution in [3.8, 4) is 0 Å². The molecule has 1 aliphatic heterocycles. The molecule has 1 fully saturated rings. The van der Waals surface area contributed by atoms with E-state index in [1.54, 1.807) is 20.8 Å².